The van der Waals surface area contributed by atoms with E-state index in [1.807, 2.05) is 0 Å². The van der Waals surface area contributed by atoms with Crippen molar-refractivity contribution in [3.05, 3.63) is 62.9 Å². The smallest absolute Gasteiger partial charge is 0.272 e. The number of benzene rings is 2. The molecule has 0 aliphatic heterocycles. The second-order valence-electron chi connectivity index (χ2n) is 4.04. The minimum Gasteiger partial charge on any atom is -0.506 e. The van der Waals surface area contributed by atoms with Crippen molar-refractivity contribution in [3.63, 3.8) is 0 Å². The number of nitro benzene ring substituents is 1. The number of carbonyl (C=O) groups is 1. The third-order valence-corrected chi connectivity index (χ3v) is 2.92. The Labute approximate surface area is 122 Å². The number of rotatable bonds is 3. The first-order valence-corrected chi connectivity index (χ1v) is 6.00. The highest BCUT2D eigenvalue weighted by atomic mass is 35.5. The lowest BCUT2D eigenvalue weighted by molar-refractivity contribution is -0.385. The Balaban J connectivity index is 2.24. The van der Waals surface area contributed by atoms with Gasteiger partial charge in [-0.1, -0.05) is 11.6 Å². The summed E-state index contributed by atoms with van der Waals surface area (Å²) in [5, 5.41) is 22.1. The summed E-state index contributed by atoms with van der Waals surface area (Å²) in [5.41, 5.74) is -0.540. The third kappa shape index (κ3) is 3.26. The molecule has 2 aromatic rings. The van der Waals surface area contributed by atoms with Gasteiger partial charge in [-0.15, -0.1) is 0 Å². The van der Waals surface area contributed by atoms with E-state index in [9.17, 15) is 24.4 Å². The highest BCUT2D eigenvalue weighted by Gasteiger charge is 2.16. The van der Waals surface area contributed by atoms with E-state index in [4.69, 9.17) is 11.6 Å². The molecule has 0 fully saturated rings. The summed E-state index contributed by atoms with van der Waals surface area (Å²) in [7, 11) is 0. The molecule has 0 saturated heterocycles. The molecule has 0 aromatic heterocycles. The van der Waals surface area contributed by atoms with Crippen LogP contribution in [0.25, 0.3) is 0 Å². The van der Waals surface area contributed by atoms with Crippen LogP contribution in [0.5, 0.6) is 5.75 Å². The molecule has 0 bridgehead atoms. The molecule has 21 heavy (non-hydrogen) atoms. The number of hydrogen-bond acceptors (Lipinski definition) is 4. The van der Waals surface area contributed by atoms with Crippen LogP contribution in [-0.4, -0.2) is 15.9 Å². The van der Waals surface area contributed by atoms with E-state index in [-0.39, 0.29) is 22.0 Å². The molecule has 108 valence electrons. The number of halogens is 2. The van der Waals surface area contributed by atoms with E-state index in [1.54, 1.807) is 0 Å². The van der Waals surface area contributed by atoms with Crippen LogP contribution < -0.4 is 5.32 Å². The van der Waals surface area contributed by atoms with Crippen molar-refractivity contribution in [2.45, 2.75) is 0 Å². The van der Waals surface area contributed by atoms with Gasteiger partial charge in [-0.3, -0.25) is 14.9 Å². The molecule has 0 heterocycles. The van der Waals surface area contributed by atoms with Gasteiger partial charge in [0.2, 0.25) is 0 Å². The van der Waals surface area contributed by atoms with Gasteiger partial charge in [-0.2, -0.15) is 0 Å². The molecule has 0 atom stereocenters. The number of aromatic hydroxyl groups is 1. The number of non-ortho nitro benzene ring substituents is 1. The van der Waals surface area contributed by atoms with Gasteiger partial charge in [0.1, 0.15) is 11.6 Å². The minimum absolute atomic E-state index is 0.0250. The quantitative estimate of drug-likeness (QED) is 0.516. The average molecular weight is 311 g/mol. The molecule has 2 rings (SSSR count). The van der Waals surface area contributed by atoms with Crippen LogP contribution in [-0.2, 0) is 0 Å². The van der Waals surface area contributed by atoms with Crippen molar-refractivity contribution < 1.29 is 19.2 Å². The largest absolute Gasteiger partial charge is 0.506 e. The lowest BCUT2D eigenvalue weighted by Crippen LogP contribution is -2.13. The van der Waals surface area contributed by atoms with Crippen molar-refractivity contribution in [1.29, 1.82) is 0 Å². The van der Waals surface area contributed by atoms with Crippen LogP contribution in [0.2, 0.25) is 5.02 Å². The number of phenolic OH excluding ortho intramolecular Hbond substituents is 1. The van der Waals surface area contributed by atoms with Gasteiger partial charge in [-0.25, -0.2) is 4.39 Å². The highest BCUT2D eigenvalue weighted by molar-refractivity contribution is 6.32. The normalized spacial score (nSPS) is 10.2. The fraction of sp³-hybridized carbons (Fsp3) is 0. The standard InChI is InChI=1S/C13H8ClFN2O4/c14-10-5-7(1-4-12(10)18)16-13(19)9-3-2-8(17(20)21)6-11(9)15/h1-6,18H,(H,16,19). The number of amides is 1. The molecular weight excluding hydrogens is 303 g/mol. The van der Waals surface area contributed by atoms with Gasteiger partial charge in [-0.05, 0) is 24.3 Å². The Morgan fingerprint density at radius 3 is 2.57 bits per heavy atom. The van der Waals surface area contributed by atoms with Gasteiger partial charge >= 0.3 is 0 Å². The molecule has 2 N–H and O–H groups in total. The van der Waals surface area contributed by atoms with Crippen LogP contribution in [0.3, 0.4) is 0 Å². The highest BCUT2D eigenvalue weighted by Crippen LogP contribution is 2.26. The van der Waals surface area contributed by atoms with Crippen LogP contribution in [0.15, 0.2) is 36.4 Å². The summed E-state index contributed by atoms with van der Waals surface area (Å²) in [4.78, 5) is 21.6. The number of carbonyl (C=O) groups excluding carboxylic acids is 1. The zero-order chi connectivity index (χ0) is 15.6. The molecule has 0 aliphatic rings. The summed E-state index contributed by atoms with van der Waals surface area (Å²) < 4.78 is 13.7. The van der Waals surface area contributed by atoms with E-state index in [2.05, 4.69) is 5.32 Å². The molecule has 2 aromatic carbocycles. The maximum atomic E-state index is 13.7. The summed E-state index contributed by atoms with van der Waals surface area (Å²) in [6.07, 6.45) is 0. The number of phenols is 1. The van der Waals surface area contributed by atoms with E-state index in [0.717, 1.165) is 12.1 Å². The molecule has 1 amide bonds. The van der Waals surface area contributed by atoms with Crippen molar-refractivity contribution >= 4 is 28.9 Å². The monoisotopic (exact) mass is 310 g/mol. The van der Waals surface area contributed by atoms with E-state index < -0.39 is 22.3 Å². The Bertz CT molecular complexity index is 736. The van der Waals surface area contributed by atoms with Gasteiger partial charge < -0.3 is 10.4 Å². The molecule has 8 heteroatoms. The second-order valence-corrected chi connectivity index (χ2v) is 4.45. The van der Waals surface area contributed by atoms with Crippen molar-refractivity contribution in [1.82, 2.24) is 0 Å². The van der Waals surface area contributed by atoms with E-state index in [1.165, 1.54) is 18.2 Å². The summed E-state index contributed by atoms with van der Waals surface area (Å²) in [6.45, 7) is 0. The lowest BCUT2D eigenvalue weighted by atomic mass is 10.1. The number of hydrogen-bond donors (Lipinski definition) is 2. The Morgan fingerprint density at radius 1 is 1.29 bits per heavy atom. The fourth-order valence-corrected chi connectivity index (χ4v) is 1.77. The SMILES string of the molecule is O=C(Nc1ccc(O)c(Cl)c1)c1ccc([N+](=O)[O-])cc1F. The second kappa shape index (κ2) is 5.76. The van der Waals surface area contributed by atoms with Crippen molar-refractivity contribution in [3.8, 4) is 5.75 Å². The van der Waals surface area contributed by atoms with Gasteiger partial charge in [0.05, 0.1) is 21.6 Å². The predicted molar refractivity (Wildman–Crippen MR) is 74.1 cm³/mol. The molecule has 0 radical (unpaired) electrons. The molecule has 6 nitrogen and oxygen atoms in total. The zero-order valence-corrected chi connectivity index (χ0v) is 11.1. The van der Waals surface area contributed by atoms with E-state index in [0.29, 0.717) is 6.07 Å². The van der Waals surface area contributed by atoms with Crippen LogP contribution >= 0.6 is 11.6 Å². The fourth-order valence-electron chi connectivity index (χ4n) is 1.58. The van der Waals surface area contributed by atoms with E-state index >= 15 is 0 Å². The topological polar surface area (TPSA) is 92.5 Å². The Kier molecular flexibility index (Phi) is 4.04. The molecule has 0 aliphatic carbocycles. The first kappa shape index (κ1) is 14.7. The summed E-state index contributed by atoms with van der Waals surface area (Å²) in [5.74, 6) is -1.95. The molecular formula is C13H8ClFN2O4. The number of nitro groups is 1. The maximum Gasteiger partial charge on any atom is 0.272 e. The lowest BCUT2D eigenvalue weighted by Gasteiger charge is -2.07. The first-order valence-electron chi connectivity index (χ1n) is 5.62. The van der Waals surface area contributed by atoms with Crippen LogP contribution in [0, 0.1) is 15.9 Å². The average Bonchev–Trinajstić information content (AvgIpc) is 2.42. The first-order chi connectivity index (χ1) is 9.88. The number of nitrogens with one attached hydrogen (secondary N) is 1. The van der Waals surface area contributed by atoms with Crippen LogP contribution in [0.1, 0.15) is 10.4 Å². The molecule has 0 spiro atoms. The summed E-state index contributed by atoms with van der Waals surface area (Å²) in [6, 6.07) is 6.65. The van der Waals surface area contributed by atoms with Gasteiger partial charge in [0, 0.05) is 11.8 Å². The molecule has 0 saturated carbocycles. The van der Waals surface area contributed by atoms with Gasteiger partial charge in [0.15, 0.2) is 0 Å². The van der Waals surface area contributed by atoms with Crippen LogP contribution in [0.4, 0.5) is 15.8 Å². The predicted octanol–water partition coefficient (Wildman–Crippen LogP) is 3.35. The Morgan fingerprint density at radius 2 is 2.00 bits per heavy atom. The zero-order valence-electron chi connectivity index (χ0n) is 10.3. The maximum absolute atomic E-state index is 13.7. The number of anilines is 1. The third-order valence-electron chi connectivity index (χ3n) is 2.61. The Hall–Kier alpha value is -2.67. The minimum atomic E-state index is -1.01. The van der Waals surface area contributed by atoms with Crippen molar-refractivity contribution in [2.24, 2.45) is 0 Å². The van der Waals surface area contributed by atoms with Gasteiger partial charge in [0.25, 0.3) is 11.6 Å². The summed E-state index contributed by atoms with van der Waals surface area (Å²) >= 11 is 5.68. The number of nitrogens with zero attached hydrogens (tertiary/aromatic N) is 1. The van der Waals surface area contributed by atoms with Crippen molar-refractivity contribution in [2.75, 3.05) is 5.32 Å². The molecule has 0 unspecified atom stereocenters.